The highest BCUT2D eigenvalue weighted by Gasteiger charge is 2.08. The Labute approximate surface area is 131 Å². The molecule has 0 aliphatic carbocycles. The molecule has 1 N–H and O–H groups in total. The summed E-state index contributed by atoms with van der Waals surface area (Å²) in [6.45, 7) is 5.21. The van der Waals surface area contributed by atoms with E-state index < -0.39 is 0 Å². The van der Waals surface area contributed by atoms with Crippen molar-refractivity contribution in [2.24, 2.45) is 0 Å². The van der Waals surface area contributed by atoms with Gasteiger partial charge in [0.2, 0.25) is 0 Å². The average molecular weight is 291 g/mol. The normalized spacial score (nSPS) is 10.8. The first-order valence-corrected chi connectivity index (χ1v) is 7.85. The number of rotatable bonds is 5. The van der Waals surface area contributed by atoms with E-state index in [0.717, 1.165) is 41.1 Å². The van der Waals surface area contributed by atoms with E-state index in [2.05, 4.69) is 49.5 Å². The van der Waals surface area contributed by atoms with E-state index >= 15 is 0 Å². The lowest BCUT2D eigenvalue weighted by atomic mass is 10.1. The number of fused-ring (bicyclic) bond motifs is 1. The van der Waals surface area contributed by atoms with Crippen molar-refractivity contribution in [2.75, 3.05) is 11.9 Å². The fraction of sp³-hybridized carbons (Fsp3) is 0.263. The average Bonchev–Trinajstić information content (AvgIpc) is 2.55. The van der Waals surface area contributed by atoms with Crippen LogP contribution in [0.5, 0.6) is 0 Å². The summed E-state index contributed by atoms with van der Waals surface area (Å²) in [5, 5.41) is 4.54. The number of anilines is 1. The van der Waals surface area contributed by atoms with Crippen LogP contribution < -0.4 is 5.32 Å². The molecule has 0 fully saturated rings. The molecule has 0 saturated heterocycles. The molecule has 0 amide bonds. The Balaban J connectivity index is 2.05. The summed E-state index contributed by atoms with van der Waals surface area (Å²) in [6, 6.07) is 16.5. The van der Waals surface area contributed by atoms with Gasteiger partial charge < -0.3 is 5.32 Å². The minimum absolute atomic E-state index is 0.776. The zero-order valence-electron chi connectivity index (χ0n) is 13.1. The van der Waals surface area contributed by atoms with Crippen LogP contribution in [0.25, 0.3) is 22.3 Å². The van der Waals surface area contributed by atoms with Gasteiger partial charge >= 0.3 is 0 Å². The van der Waals surface area contributed by atoms with Crippen LogP contribution in [0.15, 0.2) is 48.5 Å². The summed E-state index contributed by atoms with van der Waals surface area (Å²) >= 11 is 0. The standard InChI is InChI=1S/C19H21N3/c1-3-4-13-20-19-16-7-5-6-8-17(16)21-18(22-19)15-11-9-14(2)10-12-15/h5-12H,3-4,13H2,1-2H3,(H,20,21,22). The Morgan fingerprint density at radius 1 is 0.955 bits per heavy atom. The molecule has 2 aromatic carbocycles. The van der Waals surface area contributed by atoms with Crippen molar-refractivity contribution < 1.29 is 0 Å². The minimum Gasteiger partial charge on any atom is -0.369 e. The van der Waals surface area contributed by atoms with Gasteiger partial charge in [-0.05, 0) is 25.5 Å². The Hall–Kier alpha value is -2.42. The number of unbranched alkanes of at least 4 members (excludes halogenated alkanes) is 1. The zero-order chi connectivity index (χ0) is 15.4. The highest BCUT2D eigenvalue weighted by atomic mass is 15.0. The smallest absolute Gasteiger partial charge is 0.162 e. The highest BCUT2D eigenvalue weighted by Crippen LogP contribution is 2.25. The Morgan fingerprint density at radius 2 is 1.73 bits per heavy atom. The molecule has 0 bridgehead atoms. The second kappa shape index (κ2) is 6.56. The largest absolute Gasteiger partial charge is 0.369 e. The summed E-state index contributed by atoms with van der Waals surface area (Å²) in [7, 11) is 0. The number of hydrogen-bond acceptors (Lipinski definition) is 3. The topological polar surface area (TPSA) is 37.8 Å². The Morgan fingerprint density at radius 3 is 2.50 bits per heavy atom. The molecule has 3 nitrogen and oxygen atoms in total. The van der Waals surface area contributed by atoms with Gasteiger partial charge in [0.25, 0.3) is 0 Å². The van der Waals surface area contributed by atoms with E-state index in [-0.39, 0.29) is 0 Å². The van der Waals surface area contributed by atoms with Crippen LogP contribution in [-0.2, 0) is 0 Å². The molecular weight excluding hydrogens is 270 g/mol. The molecule has 112 valence electrons. The first-order chi connectivity index (χ1) is 10.8. The van der Waals surface area contributed by atoms with Gasteiger partial charge in [-0.2, -0.15) is 0 Å². The number of nitrogens with one attached hydrogen (secondary N) is 1. The van der Waals surface area contributed by atoms with Crippen molar-refractivity contribution in [1.29, 1.82) is 0 Å². The van der Waals surface area contributed by atoms with Crippen molar-refractivity contribution in [3.8, 4) is 11.4 Å². The molecule has 0 aliphatic heterocycles. The van der Waals surface area contributed by atoms with E-state index in [1.807, 2.05) is 18.2 Å². The maximum absolute atomic E-state index is 4.75. The molecule has 22 heavy (non-hydrogen) atoms. The van der Waals surface area contributed by atoms with Gasteiger partial charge in [0.05, 0.1) is 5.52 Å². The molecule has 0 aliphatic rings. The Kier molecular flexibility index (Phi) is 4.33. The molecular formula is C19H21N3. The molecule has 3 heteroatoms. The van der Waals surface area contributed by atoms with Crippen molar-refractivity contribution in [1.82, 2.24) is 9.97 Å². The van der Waals surface area contributed by atoms with Crippen LogP contribution >= 0.6 is 0 Å². The Bertz CT molecular complexity index is 763. The third-order valence-electron chi connectivity index (χ3n) is 3.74. The predicted molar refractivity (Wildman–Crippen MR) is 93.1 cm³/mol. The number of hydrogen-bond donors (Lipinski definition) is 1. The molecule has 3 rings (SSSR count). The number of para-hydroxylation sites is 1. The fourth-order valence-electron chi connectivity index (χ4n) is 2.43. The molecule has 0 saturated carbocycles. The quantitative estimate of drug-likeness (QED) is 0.685. The summed E-state index contributed by atoms with van der Waals surface area (Å²) < 4.78 is 0. The second-order valence-corrected chi connectivity index (χ2v) is 5.56. The van der Waals surface area contributed by atoms with Crippen LogP contribution in [0.4, 0.5) is 5.82 Å². The number of nitrogens with zero attached hydrogens (tertiary/aromatic N) is 2. The van der Waals surface area contributed by atoms with E-state index in [1.165, 1.54) is 12.0 Å². The van der Waals surface area contributed by atoms with Gasteiger partial charge in [0.15, 0.2) is 5.82 Å². The first-order valence-electron chi connectivity index (χ1n) is 7.85. The molecule has 0 spiro atoms. The van der Waals surface area contributed by atoms with E-state index in [1.54, 1.807) is 0 Å². The molecule has 3 aromatic rings. The number of aryl methyl sites for hydroxylation is 1. The maximum atomic E-state index is 4.75. The molecule has 0 unspecified atom stereocenters. The summed E-state index contributed by atoms with van der Waals surface area (Å²) in [5.74, 6) is 1.70. The summed E-state index contributed by atoms with van der Waals surface area (Å²) in [4.78, 5) is 9.46. The molecule has 0 radical (unpaired) electrons. The third kappa shape index (κ3) is 3.08. The van der Waals surface area contributed by atoms with Gasteiger partial charge in [-0.1, -0.05) is 55.3 Å². The van der Waals surface area contributed by atoms with Gasteiger partial charge in [-0.3, -0.25) is 0 Å². The first kappa shape index (κ1) is 14.5. The van der Waals surface area contributed by atoms with Crippen LogP contribution in [-0.4, -0.2) is 16.5 Å². The van der Waals surface area contributed by atoms with Gasteiger partial charge in [0, 0.05) is 17.5 Å². The van der Waals surface area contributed by atoms with E-state index in [9.17, 15) is 0 Å². The van der Waals surface area contributed by atoms with E-state index in [4.69, 9.17) is 9.97 Å². The van der Waals surface area contributed by atoms with Crippen molar-refractivity contribution in [2.45, 2.75) is 26.7 Å². The number of benzene rings is 2. The van der Waals surface area contributed by atoms with Crippen LogP contribution in [0.1, 0.15) is 25.3 Å². The van der Waals surface area contributed by atoms with Gasteiger partial charge in [0.1, 0.15) is 5.82 Å². The lowest BCUT2D eigenvalue weighted by Gasteiger charge is -2.10. The zero-order valence-corrected chi connectivity index (χ0v) is 13.1. The van der Waals surface area contributed by atoms with Gasteiger partial charge in [-0.15, -0.1) is 0 Å². The van der Waals surface area contributed by atoms with Crippen molar-refractivity contribution in [3.63, 3.8) is 0 Å². The monoisotopic (exact) mass is 291 g/mol. The molecule has 1 aromatic heterocycles. The molecule has 0 atom stereocenters. The van der Waals surface area contributed by atoms with Crippen LogP contribution in [0.2, 0.25) is 0 Å². The summed E-state index contributed by atoms with van der Waals surface area (Å²) in [6.07, 6.45) is 2.30. The third-order valence-corrected chi connectivity index (χ3v) is 3.74. The van der Waals surface area contributed by atoms with Crippen LogP contribution in [0, 0.1) is 6.92 Å². The van der Waals surface area contributed by atoms with Crippen LogP contribution in [0.3, 0.4) is 0 Å². The van der Waals surface area contributed by atoms with Gasteiger partial charge in [-0.25, -0.2) is 9.97 Å². The van der Waals surface area contributed by atoms with E-state index in [0.29, 0.717) is 0 Å². The lowest BCUT2D eigenvalue weighted by Crippen LogP contribution is -2.05. The van der Waals surface area contributed by atoms with Crippen molar-refractivity contribution in [3.05, 3.63) is 54.1 Å². The number of aromatic nitrogens is 2. The van der Waals surface area contributed by atoms with Crippen molar-refractivity contribution >= 4 is 16.7 Å². The molecule has 1 heterocycles. The second-order valence-electron chi connectivity index (χ2n) is 5.56. The summed E-state index contributed by atoms with van der Waals surface area (Å²) in [5.41, 5.74) is 3.27. The maximum Gasteiger partial charge on any atom is 0.162 e. The highest BCUT2D eigenvalue weighted by molar-refractivity contribution is 5.90. The fourth-order valence-corrected chi connectivity index (χ4v) is 2.43. The SMILES string of the molecule is CCCCNc1nc(-c2ccc(C)cc2)nc2ccccc12. The minimum atomic E-state index is 0.776. The lowest BCUT2D eigenvalue weighted by molar-refractivity contribution is 0.832. The predicted octanol–water partition coefficient (Wildman–Crippen LogP) is 4.82.